The van der Waals surface area contributed by atoms with E-state index < -0.39 is 5.97 Å². The summed E-state index contributed by atoms with van der Waals surface area (Å²) in [5.74, 6) is -0.854. The maximum absolute atomic E-state index is 10.7. The summed E-state index contributed by atoms with van der Waals surface area (Å²) in [6.07, 6.45) is 0.217. The second-order valence-corrected chi connectivity index (χ2v) is 4.63. The predicted molar refractivity (Wildman–Crippen MR) is 58.9 cm³/mol. The number of anilines is 1. The van der Waals surface area contributed by atoms with Gasteiger partial charge in [-0.25, -0.2) is 4.79 Å². The van der Waals surface area contributed by atoms with E-state index in [0.717, 1.165) is 18.1 Å². The number of ether oxygens (including phenoxy) is 1. The van der Waals surface area contributed by atoms with E-state index in [1.165, 1.54) is 11.3 Å². The highest BCUT2D eigenvalue weighted by Gasteiger charge is 2.19. The van der Waals surface area contributed by atoms with Crippen LogP contribution in [0.5, 0.6) is 0 Å². The van der Waals surface area contributed by atoms with Gasteiger partial charge >= 0.3 is 5.97 Å². The van der Waals surface area contributed by atoms with Crippen molar-refractivity contribution < 1.29 is 14.6 Å². The van der Waals surface area contributed by atoms with Crippen molar-refractivity contribution in [2.75, 3.05) is 24.6 Å². The normalized spacial score (nSPS) is 21.7. The highest BCUT2D eigenvalue weighted by molar-refractivity contribution is 7.17. The molecule has 15 heavy (non-hydrogen) atoms. The molecule has 0 aliphatic carbocycles. The number of carbonyl (C=O) groups is 1. The Morgan fingerprint density at radius 2 is 2.47 bits per heavy atom. The van der Waals surface area contributed by atoms with E-state index in [2.05, 4.69) is 4.90 Å². The van der Waals surface area contributed by atoms with E-state index in [1.807, 2.05) is 13.0 Å². The molecule has 82 valence electrons. The van der Waals surface area contributed by atoms with Gasteiger partial charge in [0.2, 0.25) is 0 Å². The standard InChI is InChI=1S/C10H13NO3S/c1-7-6-11(4-5-14-7)9-3-2-8(15-9)10(12)13/h2-3,7H,4-6H2,1H3,(H,12,13). The fourth-order valence-electron chi connectivity index (χ4n) is 1.63. The summed E-state index contributed by atoms with van der Waals surface area (Å²) >= 11 is 1.32. The van der Waals surface area contributed by atoms with Crippen LogP contribution in [0.15, 0.2) is 12.1 Å². The molecule has 5 heteroatoms. The Morgan fingerprint density at radius 1 is 1.67 bits per heavy atom. The smallest absolute Gasteiger partial charge is 0.345 e. The van der Waals surface area contributed by atoms with Crippen molar-refractivity contribution in [3.05, 3.63) is 17.0 Å². The van der Waals surface area contributed by atoms with Gasteiger partial charge in [0.05, 0.1) is 17.7 Å². The topological polar surface area (TPSA) is 49.8 Å². The fraction of sp³-hybridized carbons (Fsp3) is 0.500. The van der Waals surface area contributed by atoms with Crippen LogP contribution in [0.25, 0.3) is 0 Å². The molecule has 1 aliphatic heterocycles. The molecule has 0 aromatic carbocycles. The van der Waals surface area contributed by atoms with E-state index in [-0.39, 0.29) is 6.10 Å². The molecule has 4 nitrogen and oxygen atoms in total. The van der Waals surface area contributed by atoms with Crippen LogP contribution in [0.3, 0.4) is 0 Å². The molecule has 0 bridgehead atoms. The summed E-state index contributed by atoms with van der Waals surface area (Å²) in [5.41, 5.74) is 0. The minimum absolute atomic E-state index is 0.217. The van der Waals surface area contributed by atoms with Gasteiger partial charge in [-0.15, -0.1) is 11.3 Å². The van der Waals surface area contributed by atoms with Gasteiger partial charge < -0.3 is 14.7 Å². The van der Waals surface area contributed by atoms with Crippen LogP contribution >= 0.6 is 11.3 Å². The lowest BCUT2D eigenvalue weighted by Crippen LogP contribution is -2.40. The molecule has 0 amide bonds. The molecular formula is C10H13NO3S. The molecule has 1 N–H and O–H groups in total. The van der Waals surface area contributed by atoms with Crippen molar-refractivity contribution >= 4 is 22.3 Å². The summed E-state index contributed by atoms with van der Waals surface area (Å²) < 4.78 is 5.43. The van der Waals surface area contributed by atoms with Crippen molar-refractivity contribution in [2.24, 2.45) is 0 Å². The van der Waals surface area contributed by atoms with Crippen molar-refractivity contribution in [3.8, 4) is 0 Å². The fourth-order valence-corrected chi connectivity index (χ4v) is 2.51. The first-order chi connectivity index (χ1) is 7.16. The van der Waals surface area contributed by atoms with Gasteiger partial charge in [-0.3, -0.25) is 0 Å². The maximum atomic E-state index is 10.7. The summed E-state index contributed by atoms with van der Waals surface area (Å²) in [7, 11) is 0. The van der Waals surface area contributed by atoms with Gasteiger partial charge in [-0.1, -0.05) is 0 Å². The lowest BCUT2D eigenvalue weighted by atomic mass is 10.3. The number of morpholine rings is 1. The van der Waals surface area contributed by atoms with Crippen LogP contribution in [-0.2, 0) is 4.74 Å². The van der Waals surface area contributed by atoms with Crippen LogP contribution in [0.1, 0.15) is 16.6 Å². The Bertz CT molecular complexity index is 363. The highest BCUT2D eigenvalue weighted by Crippen LogP contribution is 2.27. The monoisotopic (exact) mass is 227 g/mol. The quantitative estimate of drug-likeness (QED) is 0.835. The largest absolute Gasteiger partial charge is 0.477 e. The lowest BCUT2D eigenvalue weighted by molar-refractivity contribution is 0.0534. The van der Waals surface area contributed by atoms with Gasteiger partial charge in [0.25, 0.3) is 0 Å². The molecule has 1 saturated heterocycles. The minimum atomic E-state index is -0.854. The molecule has 1 aliphatic rings. The molecular weight excluding hydrogens is 214 g/mol. The van der Waals surface area contributed by atoms with Crippen LogP contribution < -0.4 is 4.90 Å². The van der Waals surface area contributed by atoms with Crippen molar-refractivity contribution in [3.63, 3.8) is 0 Å². The van der Waals surface area contributed by atoms with Crippen molar-refractivity contribution in [2.45, 2.75) is 13.0 Å². The third kappa shape index (κ3) is 2.30. The Balaban J connectivity index is 2.11. The summed E-state index contributed by atoms with van der Waals surface area (Å²) in [6.45, 7) is 4.41. The second kappa shape index (κ2) is 4.20. The number of hydrogen-bond donors (Lipinski definition) is 1. The van der Waals surface area contributed by atoms with E-state index in [0.29, 0.717) is 11.5 Å². The number of nitrogens with zero attached hydrogens (tertiary/aromatic N) is 1. The zero-order valence-corrected chi connectivity index (χ0v) is 9.29. The predicted octanol–water partition coefficient (Wildman–Crippen LogP) is 1.67. The van der Waals surface area contributed by atoms with Crippen molar-refractivity contribution in [1.82, 2.24) is 0 Å². The van der Waals surface area contributed by atoms with Gasteiger partial charge in [0.15, 0.2) is 0 Å². The molecule has 0 radical (unpaired) electrons. The third-order valence-corrected chi connectivity index (χ3v) is 3.49. The third-order valence-electron chi connectivity index (χ3n) is 2.36. The molecule has 1 aromatic heterocycles. The van der Waals surface area contributed by atoms with Gasteiger partial charge in [-0.2, -0.15) is 0 Å². The summed E-state index contributed by atoms with van der Waals surface area (Å²) in [5, 5.41) is 9.83. The molecule has 1 aromatic rings. The van der Waals surface area contributed by atoms with E-state index in [4.69, 9.17) is 9.84 Å². The maximum Gasteiger partial charge on any atom is 0.345 e. The Morgan fingerprint density at radius 3 is 3.07 bits per heavy atom. The van der Waals surface area contributed by atoms with Gasteiger partial charge in [-0.05, 0) is 19.1 Å². The first kappa shape index (κ1) is 10.4. The highest BCUT2D eigenvalue weighted by atomic mass is 32.1. The lowest BCUT2D eigenvalue weighted by Gasteiger charge is -2.31. The number of carboxylic acids is 1. The van der Waals surface area contributed by atoms with Gasteiger partial charge in [0, 0.05) is 13.1 Å². The zero-order valence-electron chi connectivity index (χ0n) is 8.47. The molecule has 0 spiro atoms. The van der Waals surface area contributed by atoms with Crippen LogP contribution in [-0.4, -0.2) is 36.9 Å². The molecule has 1 atom stereocenters. The molecule has 0 saturated carbocycles. The molecule has 1 unspecified atom stereocenters. The van der Waals surface area contributed by atoms with E-state index in [1.54, 1.807) is 6.07 Å². The van der Waals surface area contributed by atoms with Crippen LogP contribution in [0.2, 0.25) is 0 Å². The molecule has 2 rings (SSSR count). The first-order valence-corrected chi connectivity index (χ1v) is 5.68. The molecule has 1 fully saturated rings. The number of rotatable bonds is 2. The van der Waals surface area contributed by atoms with Crippen LogP contribution in [0, 0.1) is 0 Å². The zero-order chi connectivity index (χ0) is 10.8. The number of aromatic carboxylic acids is 1. The van der Waals surface area contributed by atoms with Gasteiger partial charge in [0.1, 0.15) is 4.88 Å². The molecule has 2 heterocycles. The summed E-state index contributed by atoms with van der Waals surface area (Å²) in [4.78, 5) is 13.3. The Hall–Kier alpha value is -1.07. The number of thiophene rings is 1. The second-order valence-electron chi connectivity index (χ2n) is 3.57. The van der Waals surface area contributed by atoms with E-state index >= 15 is 0 Å². The van der Waals surface area contributed by atoms with E-state index in [9.17, 15) is 4.79 Å². The average Bonchev–Trinajstić information content (AvgIpc) is 2.66. The Labute approximate surface area is 92.1 Å². The van der Waals surface area contributed by atoms with Crippen LogP contribution in [0.4, 0.5) is 5.00 Å². The number of carboxylic acid groups (broad SMARTS) is 1. The van der Waals surface area contributed by atoms with Crippen molar-refractivity contribution in [1.29, 1.82) is 0 Å². The first-order valence-electron chi connectivity index (χ1n) is 4.86. The minimum Gasteiger partial charge on any atom is -0.477 e. The Kier molecular flexibility index (Phi) is 2.93. The summed E-state index contributed by atoms with van der Waals surface area (Å²) in [6, 6.07) is 3.52. The number of hydrogen-bond acceptors (Lipinski definition) is 4. The average molecular weight is 227 g/mol. The SMILES string of the molecule is CC1CN(c2ccc(C(=O)O)s2)CCO1.